The van der Waals surface area contributed by atoms with Crippen molar-refractivity contribution in [2.45, 2.75) is 25.1 Å². The molecule has 1 atom stereocenters. The van der Waals surface area contributed by atoms with Gasteiger partial charge in [0, 0.05) is 44.6 Å². The number of rotatable bonds is 6. The van der Waals surface area contributed by atoms with Crippen LogP contribution in [0.3, 0.4) is 0 Å². The van der Waals surface area contributed by atoms with Gasteiger partial charge in [-0.2, -0.15) is 13.2 Å². The van der Waals surface area contributed by atoms with Gasteiger partial charge in [-0.05, 0) is 42.7 Å². The first-order chi connectivity index (χ1) is 16.3. The molecule has 1 amide bonds. The van der Waals surface area contributed by atoms with Crippen LogP contribution in [0.4, 0.5) is 19.0 Å². The van der Waals surface area contributed by atoms with Gasteiger partial charge in [0.25, 0.3) is 0 Å². The summed E-state index contributed by atoms with van der Waals surface area (Å²) < 4.78 is 45.5. The summed E-state index contributed by atoms with van der Waals surface area (Å²) >= 11 is 0. The standard InChI is InChI=1S/C24H26F3N5O2/c1-31-14-11-28-22(31)21(16-3-6-19(34-2)7-4-16)30-23(33)17-9-12-32(13-10-17)20-8-5-18(15-29-20)24(25,26)27/h3-8,11,14-15,17,21H,9-10,12-13H2,1-2H3,(H,30,33). The van der Waals surface area contributed by atoms with Crippen molar-refractivity contribution in [3.63, 3.8) is 0 Å². The second kappa shape index (κ2) is 9.74. The van der Waals surface area contributed by atoms with E-state index >= 15 is 0 Å². The topological polar surface area (TPSA) is 72.3 Å². The fourth-order valence-corrected chi connectivity index (χ4v) is 4.12. The monoisotopic (exact) mass is 473 g/mol. The molecule has 0 bridgehead atoms. The summed E-state index contributed by atoms with van der Waals surface area (Å²) in [6.07, 6.45) is 1.10. The number of piperidine rings is 1. The largest absolute Gasteiger partial charge is 0.497 e. The maximum atomic E-state index is 13.2. The van der Waals surface area contributed by atoms with Crippen molar-refractivity contribution in [1.29, 1.82) is 0 Å². The number of hydrogen-bond acceptors (Lipinski definition) is 5. The second-order valence-electron chi connectivity index (χ2n) is 8.28. The molecule has 4 rings (SSSR count). The summed E-state index contributed by atoms with van der Waals surface area (Å²) in [6, 6.07) is 9.47. The Morgan fingerprint density at radius 2 is 1.82 bits per heavy atom. The third kappa shape index (κ3) is 5.16. The van der Waals surface area contributed by atoms with Gasteiger partial charge in [-0.15, -0.1) is 0 Å². The van der Waals surface area contributed by atoms with E-state index in [9.17, 15) is 18.0 Å². The van der Waals surface area contributed by atoms with Crippen LogP contribution >= 0.6 is 0 Å². The molecule has 1 aromatic carbocycles. The molecular weight excluding hydrogens is 447 g/mol. The fourth-order valence-electron chi connectivity index (χ4n) is 4.12. The van der Waals surface area contributed by atoms with E-state index in [1.807, 2.05) is 47.0 Å². The van der Waals surface area contributed by atoms with Gasteiger partial charge in [-0.1, -0.05) is 12.1 Å². The highest BCUT2D eigenvalue weighted by Crippen LogP contribution is 2.30. The van der Waals surface area contributed by atoms with Crippen LogP contribution in [0.1, 0.15) is 35.8 Å². The van der Waals surface area contributed by atoms with Gasteiger partial charge in [0.15, 0.2) is 0 Å². The van der Waals surface area contributed by atoms with Crippen molar-refractivity contribution >= 4 is 11.7 Å². The van der Waals surface area contributed by atoms with Crippen molar-refractivity contribution in [2.75, 3.05) is 25.1 Å². The summed E-state index contributed by atoms with van der Waals surface area (Å²) in [5, 5.41) is 3.14. The Labute approximate surface area is 195 Å². The van der Waals surface area contributed by atoms with Crippen LogP contribution in [-0.4, -0.2) is 40.6 Å². The summed E-state index contributed by atoms with van der Waals surface area (Å²) in [5.41, 5.74) is 0.110. The third-order valence-corrected chi connectivity index (χ3v) is 6.12. The molecule has 1 unspecified atom stereocenters. The lowest BCUT2D eigenvalue weighted by Crippen LogP contribution is -2.42. The quantitative estimate of drug-likeness (QED) is 0.587. The zero-order chi connectivity index (χ0) is 24.3. The number of benzene rings is 1. The molecule has 2 aromatic heterocycles. The molecule has 1 N–H and O–H groups in total. The molecule has 180 valence electrons. The predicted octanol–water partition coefficient (Wildman–Crippen LogP) is 3.96. The Morgan fingerprint density at radius 1 is 1.12 bits per heavy atom. The van der Waals surface area contributed by atoms with Gasteiger partial charge in [0.2, 0.25) is 5.91 Å². The third-order valence-electron chi connectivity index (χ3n) is 6.12. The molecule has 1 saturated heterocycles. The van der Waals surface area contributed by atoms with E-state index in [1.165, 1.54) is 6.07 Å². The van der Waals surface area contributed by atoms with E-state index in [1.54, 1.807) is 13.3 Å². The lowest BCUT2D eigenvalue weighted by molar-refractivity contribution is -0.137. The molecule has 0 aliphatic carbocycles. The number of ether oxygens (including phenoxy) is 1. The van der Waals surface area contributed by atoms with Crippen molar-refractivity contribution < 1.29 is 22.7 Å². The van der Waals surface area contributed by atoms with E-state index in [0.717, 1.165) is 23.6 Å². The Hall–Kier alpha value is -3.56. The summed E-state index contributed by atoms with van der Waals surface area (Å²) in [5.74, 6) is 1.62. The lowest BCUT2D eigenvalue weighted by Gasteiger charge is -2.33. The Bertz CT molecular complexity index is 1100. The maximum Gasteiger partial charge on any atom is 0.417 e. The van der Waals surface area contributed by atoms with Gasteiger partial charge in [-0.25, -0.2) is 9.97 Å². The number of aromatic nitrogens is 3. The van der Waals surface area contributed by atoms with E-state index in [2.05, 4.69) is 15.3 Å². The minimum absolute atomic E-state index is 0.0798. The number of nitrogens with zero attached hydrogens (tertiary/aromatic N) is 4. The van der Waals surface area contributed by atoms with E-state index in [4.69, 9.17) is 4.74 Å². The minimum atomic E-state index is -4.41. The van der Waals surface area contributed by atoms with Gasteiger partial charge in [0.05, 0.1) is 12.7 Å². The molecule has 34 heavy (non-hydrogen) atoms. The number of alkyl halides is 3. The molecule has 1 fully saturated rings. The average Bonchev–Trinajstić information content (AvgIpc) is 3.27. The number of carbonyl (C=O) groups excluding carboxylic acids is 1. The van der Waals surface area contributed by atoms with E-state index < -0.39 is 17.8 Å². The number of amides is 1. The number of halogens is 3. The number of pyridine rings is 1. The Kier molecular flexibility index (Phi) is 6.76. The molecular formula is C24H26F3N5O2. The molecule has 3 heterocycles. The number of aryl methyl sites for hydroxylation is 1. The molecule has 0 spiro atoms. The van der Waals surface area contributed by atoms with Crippen LogP contribution in [0.25, 0.3) is 0 Å². The highest BCUT2D eigenvalue weighted by atomic mass is 19.4. The second-order valence-corrected chi connectivity index (χ2v) is 8.28. The molecule has 7 nitrogen and oxygen atoms in total. The van der Waals surface area contributed by atoms with Crippen LogP contribution in [0.15, 0.2) is 55.0 Å². The number of imidazole rings is 1. The maximum absolute atomic E-state index is 13.2. The van der Waals surface area contributed by atoms with Gasteiger partial charge < -0.3 is 19.5 Å². The number of methoxy groups -OCH3 is 1. The van der Waals surface area contributed by atoms with Crippen LogP contribution in [-0.2, 0) is 18.0 Å². The Morgan fingerprint density at radius 3 is 2.35 bits per heavy atom. The molecule has 1 aliphatic heterocycles. The van der Waals surface area contributed by atoms with Crippen LogP contribution in [0.5, 0.6) is 5.75 Å². The van der Waals surface area contributed by atoms with E-state index in [0.29, 0.717) is 37.6 Å². The molecule has 1 aliphatic rings. The van der Waals surface area contributed by atoms with Crippen molar-refractivity contribution in [3.8, 4) is 5.75 Å². The number of hydrogen-bond donors (Lipinski definition) is 1. The normalized spacial score (nSPS) is 15.7. The molecule has 0 saturated carbocycles. The number of nitrogens with one attached hydrogen (secondary N) is 1. The van der Waals surface area contributed by atoms with Gasteiger partial charge in [0.1, 0.15) is 23.4 Å². The number of carbonyl (C=O) groups is 1. The summed E-state index contributed by atoms with van der Waals surface area (Å²) in [7, 11) is 3.47. The lowest BCUT2D eigenvalue weighted by atomic mass is 9.94. The smallest absolute Gasteiger partial charge is 0.417 e. The number of anilines is 1. The first-order valence-corrected chi connectivity index (χ1v) is 11.0. The van der Waals surface area contributed by atoms with E-state index in [-0.39, 0.29) is 11.8 Å². The first-order valence-electron chi connectivity index (χ1n) is 11.0. The first kappa shape index (κ1) is 23.6. The highest BCUT2D eigenvalue weighted by molar-refractivity contribution is 5.79. The predicted molar refractivity (Wildman–Crippen MR) is 120 cm³/mol. The van der Waals surface area contributed by atoms with Crippen LogP contribution in [0.2, 0.25) is 0 Å². The van der Waals surface area contributed by atoms with Crippen molar-refractivity contribution in [1.82, 2.24) is 19.9 Å². The fraction of sp³-hybridized carbons (Fsp3) is 0.375. The minimum Gasteiger partial charge on any atom is -0.497 e. The highest BCUT2D eigenvalue weighted by Gasteiger charge is 2.32. The van der Waals surface area contributed by atoms with Crippen LogP contribution < -0.4 is 15.0 Å². The zero-order valence-electron chi connectivity index (χ0n) is 18.9. The molecule has 3 aromatic rings. The SMILES string of the molecule is COc1ccc(C(NC(=O)C2CCN(c3ccc(C(F)(F)F)cn3)CC2)c2nccn2C)cc1. The van der Waals surface area contributed by atoms with Gasteiger partial charge in [-0.3, -0.25) is 4.79 Å². The Balaban J connectivity index is 1.42. The summed E-state index contributed by atoms with van der Waals surface area (Å²) in [6.45, 7) is 1.07. The zero-order valence-corrected chi connectivity index (χ0v) is 18.9. The van der Waals surface area contributed by atoms with Gasteiger partial charge >= 0.3 is 6.18 Å². The molecule has 0 radical (unpaired) electrons. The van der Waals surface area contributed by atoms with Crippen LogP contribution in [0, 0.1) is 5.92 Å². The van der Waals surface area contributed by atoms with Crippen molar-refractivity contribution in [2.24, 2.45) is 13.0 Å². The summed E-state index contributed by atoms with van der Waals surface area (Å²) in [4.78, 5) is 23.5. The molecule has 10 heteroatoms. The average molecular weight is 473 g/mol. The van der Waals surface area contributed by atoms with Crippen molar-refractivity contribution in [3.05, 3.63) is 71.9 Å².